The Balaban J connectivity index is 3.03. The van der Waals surface area contributed by atoms with Crippen LogP contribution in [-0.2, 0) is 4.79 Å². The van der Waals surface area contributed by atoms with Gasteiger partial charge in [0, 0.05) is 19.4 Å². The third-order valence-corrected chi connectivity index (χ3v) is 1.89. The summed E-state index contributed by atoms with van der Waals surface area (Å²) in [6.45, 7) is 2.31. The predicted octanol–water partition coefficient (Wildman–Crippen LogP) is 2.30. The van der Waals surface area contributed by atoms with E-state index in [1.165, 1.54) is 0 Å². The zero-order chi connectivity index (χ0) is 9.23. The van der Waals surface area contributed by atoms with Crippen molar-refractivity contribution in [3.8, 4) is 0 Å². The van der Waals surface area contributed by atoms with E-state index in [0.29, 0.717) is 5.78 Å². The highest BCUT2D eigenvalue weighted by molar-refractivity contribution is 5.78. The molecule has 0 aromatic rings. The first-order valence-electron chi connectivity index (χ1n) is 4.93. The van der Waals surface area contributed by atoms with Crippen LogP contribution in [-0.4, -0.2) is 17.5 Å². The average molecular weight is 172 g/mol. The SMILES string of the molecule is CCCC(=O)CCCCCCO. The van der Waals surface area contributed by atoms with E-state index < -0.39 is 0 Å². The summed E-state index contributed by atoms with van der Waals surface area (Å²) in [7, 11) is 0. The molecule has 0 aliphatic heterocycles. The molecule has 2 heteroatoms. The van der Waals surface area contributed by atoms with Crippen LogP contribution in [0.4, 0.5) is 0 Å². The molecule has 0 saturated heterocycles. The summed E-state index contributed by atoms with van der Waals surface area (Å²) in [6.07, 6.45) is 6.45. The molecule has 72 valence electrons. The van der Waals surface area contributed by atoms with Gasteiger partial charge in [-0.3, -0.25) is 4.79 Å². The monoisotopic (exact) mass is 172 g/mol. The summed E-state index contributed by atoms with van der Waals surface area (Å²) >= 11 is 0. The van der Waals surface area contributed by atoms with E-state index >= 15 is 0 Å². The second-order valence-electron chi connectivity index (χ2n) is 3.18. The van der Waals surface area contributed by atoms with Crippen LogP contribution in [0.15, 0.2) is 0 Å². The van der Waals surface area contributed by atoms with Crippen molar-refractivity contribution < 1.29 is 9.90 Å². The van der Waals surface area contributed by atoms with Crippen LogP contribution in [0.25, 0.3) is 0 Å². The van der Waals surface area contributed by atoms with Gasteiger partial charge in [-0.2, -0.15) is 0 Å². The van der Waals surface area contributed by atoms with Crippen molar-refractivity contribution in [2.45, 2.75) is 51.9 Å². The zero-order valence-corrected chi connectivity index (χ0v) is 8.01. The van der Waals surface area contributed by atoms with Crippen LogP contribution in [0.1, 0.15) is 51.9 Å². The number of carbonyl (C=O) groups is 1. The van der Waals surface area contributed by atoms with Gasteiger partial charge in [-0.25, -0.2) is 0 Å². The smallest absolute Gasteiger partial charge is 0.132 e. The van der Waals surface area contributed by atoms with E-state index in [1.54, 1.807) is 0 Å². The molecule has 0 aliphatic carbocycles. The Labute approximate surface area is 75.0 Å². The number of aliphatic hydroxyl groups is 1. The van der Waals surface area contributed by atoms with Crippen molar-refractivity contribution in [1.29, 1.82) is 0 Å². The van der Waals surface area contributed by atoms with Gasteiger partial charge in [0.1, 0.15) is 5.78 Å². The first-order chi connectivity index (χ1) is 5.81. The Morgan fingerprint density at radius 3 is 2.33 bits per heavy atom. The van der Waals surface area contributed by atoms with Gasteiger partial charge in [0.25, 0.3) is 0 Å². The molecule has 0 aromatic carbocycles. The fraction of sp³-hybridized carbons (Fsp3) is 0.900. The minimum Gasteiger partial charge on any atom is -0.396 e. The molecule has 0 heterocycles. The molecule has 0 atom stereocenters. The van der Waals surface area contributed by atoms with Crippen molar-refractivity contribution in [1.82, 2.24) is 0 Å². The summed E-state index contributed by atoms with van der Waals surface area (Å²) in [5, 5.41) is 8.49. The molecule has 0 saturated carbocycles. The largest absolute Gasteiger partial charge is 0.396 e. The van der Waals surface area contributed by atoms with Crippen molar-refractivity contribution in [3.05, 3.63) is 0 Å². The molecule has 1 N–H and O–H groups in total. The zero-order valence-electron chi connectivity index (χ0n) is 8.01. The molecule has 0 rings (SSSR count). The average Bonchev–Trinajstić information content (AvgIpc) is 2.05. The highest BCUT2D eigenvalue weighted by Gasteiger charge is 1.98. The number of hydrogen-bond acceptors (Lipinski definition) is 2. The lowest BCUT2D eigenvalue weighted by molar-refractivity contribution is -0.119. The van der Waals surface area contributed by atoms with Crippen LogP contribution < -0.4 is 0 Å². The van der Waals surface area contributed by atoms with E-state index in [4.69, 9.17) is 5.11 Å². The molecular formula is C10H20O2. The lowest BCUT2D eigenvalue weighted by atomic mass is 10.1. The molecule has 12 heavy (non-hydrogen) atoms. The maximum Gasteiger partial charge on any atom is 0.132 e. The molecule has 0 radical (unpaired) electrons. The normalized spacial score (nSPS) is 10.2. The molecule has 0 aromatic heterocycles. The molecule has 0 amide bonds. The highest BCUT2D eigenvalue weighted by atomic mass is 16.2. The maximum atomic E-state index is 11.0. The standard InChI is InChI=1S/C10H20O2/c1-2-7-10(12)8-5-3-4-6-9-11/h11H,2-9H2,1H3. The Kier molecular flexibility index (Phi) is 8.46. The molecule has 2 nitrogen and oxygen atoms in total. The van der Waals surface area contributed by atoms with E-state index in [-0.39, 0.29) is 6.61 Å². The summed E-state index contributed by atoms with van der Waals surface area (Å²) in [4.78, 5) is 11.0. The van der Waals surface area contributed by atoms with Crippen molar-refractivity contribution in [2.24, 2.45) is 0 Å². The van der Waals surface area contributed by atoms with Crippen molar-refractivity contribution in [2.75, 3.05) is 6.61 Å². The first kappa shape index (κ1) is 11.6. The topological polar surface area (TPSA) is 37.3 Å². The Hall–Kier alpha value is -0.370. The van der Waals surface area contributed by atoms with Gasteiger partial charge < -0.3 is 5.11 Å². The third-order valence-electron chi connectivity index (χ3n) is 1.89. The fourth-order valence-electron chi connectivity index (χ4n) is 1.19. The van der Waals surface area contributed by atoms with Crippen molar-refractivity contribution >= 4 is 5.78 Å². The quantitative estimate of drug-likeness (QED) is 0.570. The third kappa shape index (κ3) is 7.73. The second-order valence-corrected chi connectivity index (χ2v) is 3.18. The van der Waals surface area contributed by atoms with Crippen LogP contribution >= 0.6 is 0 Å². The highest BCUT2D eigenvalue weighted by Crippen LogP contribution is 2.05. The molecule has 0 unspecified atom stereocenters. The number of hydrogen-bond donors (Lipinski definition) is 1. The number of carbonyl (C=O) groups excluding carboxylic acids is 1. The van der Waals surface area contributed by atoms with Crippen LogP contribution in [0.2, 0.25) is 0 Å². The van der Waals surface area contributed by atoms with Crippen LogP contribution in [0, 0.1) is 0 Å². The van der Waals surface area contributed by atoms with Gasteiger partial charge in [0.2, 0.25) is 0 Å². The van der Waals surface area contributed by atoms with E-state index in [2.05, 4.69) is 0 Å². The Morgan fingerprint density at radius 2 is 1.75 bits per heavy atom. The molecule has 0 spiro atoms. The first-order valence-corrected chi connectivity index (χ1v) is 4.93. The van der Waals surface area contributed by atoms with Crippen LogP contribution in [0.5, 0.6) is 0 Å². The minimum absolute atomic E-state index is 0.281. The Bertz CT molecular complexity index is 110. The fourth-order valence-corrected chi connectivity index (χ4v) is 1.19. The van der Waals surface area contributed by atoms with Gasteiger partial charge in [-0.05, 0) is 19.3 Å². The minimum atomic E-state index is 0.281. The molecule has 0 fully saturated rings. The number of ketones is 1. The summed E-state index contributed by atoms with van der Waals surface area (Å²) < 4.78 is 0. The van der Waals surface area contributed by atoms with Gasteiger partial charge in [-0.1, -0.05) is 19.8 Å². The van der Waals surface area contributed by atoms with Gasteiger partial charge in [0.15, 0.2) is 0 Å². The summed E-state index contributed by atoms with van der Waals surface area (Å²) in [5.41, 5.74) is 0. The van der Waals surface area contributed by atoms with Crippen LogP contribution in [0.3, 0.4) is 0 Å². The van der Waals surface area contributed by atoms with E-state index in [9.17, 15) is 4.79 Å². The van der Waals surface area contributed by atoms with E-state index in [1.807, 2.05) is 6.92 Å². The maximum absolute atomic E-state index is 11.0. The molecule has 0 aliphatic rings. The van der Waals surface area contributed by atoms with Crippen molar-refractivity contribution in [3.63, 3.8) is 0 Å². The number of Topliss-reactive ketones (excluding diaryl/α,β-unsaturated/α-hetero) is 1. The number of rotatable bonds is 8. The predicted molar refractivity (Wildman–Crippen MR) is 50.1 cm³/mol. The Morgan fingerprint density at radius 1 is 1.08 bits per heavy atom. The molecular weight excluding hydrogens is 152 g/mol. The van der Waals surface area contributed by atoms with E-state index in [0.717, 1.165) is 44.9 Å². The van der Waals surface area contributed by atoms with Gasteiger partial charge >= 0.3 is 0 Å². The lowest BCUT2D eigenvalue weighted by Gasteiger charge is -1.98. The van der Waals surface area contributed by atoms with Gasteiger partial charge in [-0.15, -0.1) is 0 Å². The molecule has 0 bridgehead atoms. The number of aliphatic hydroxyl groups excluding tert-OH is 1. The lowest BCUT2D eigenvalue weighted by Crippen LogP contribution is -1.96. The number of unbranched alkanes of at least 4 members (excludes halogenated alkanes) is 3. The summed E-state index contributed by atoms with van der Waals surface area (Å²) in [5.74, 6) is 0.390. The summed E-state index contributed by atoms with van der Waals surface area (Å²) in [6, 6.07) is 0. The second kappa shape index (κ2) is 8.72. The van der Waals surface area contributed by atoms with Gasteiger partial charge in [0.05, 0.1) is 0 Å².